The highest BCUT2D eigenvalue weighted by Gasteiger charge is 2.25. The monoisotopic (exact) mass is 468 g/mol. The number of nitrogens with two attached hydrogens (primary N) is 1. The van der Waals surface area contributed by atoms with Crippen LogP contribution in [0.3, 0.4) is 0 Å². The van der Waals surface area contributed by atoms with Crippen molar-refractivity contribution in [3.8, 4) is 11.8 Å². The van der Waals surface area contributed by atoms with Gasteiger partial charge in [0.15, 0.2) is 17.0 Å². The Morgan fingerprint density at radius 2 is 1.94 bits per heavy atom. The first kappa shape index (κ1) is 21.3. The molecular weight excluding hydrogens is 451 g/mol. The molecule has 1 atom stereocenters. The molecule has 0 spiro atoms. The van der Waals surface area contributed by atoms with Crippen LogP contribution in [0.25, 0.3) is 10.9 Å². The van der Waals surface area contributed by atoms with Crippen molar-refractivity contribution in [2.45, 2.75) is 6.04 Å². The number of anilines is 2. The van der Waals surface area contributed by atoms with Crippen LogP contribution in [0.5, 0.6) is 0 Å². The number of thiazole rings is 1. The van der Waals surface area contributed by atoms with Crippen LogP contribution >= 0.6 is 11.3 Å². The number of amides is 1. The van der Waals surface area contributed by atoms with Gasteiger partial charge in [-0.3, -0.25) is 14.8 Å². The summed E-state index contributed by atoms with van der Waals surface area (Å²) in [6.45, 7) is 0. The van der Waals surface area contributed by atoms with E-state index in [1.54, 1.807) is 42.0 Å². The SMILES string of the molecule is Nc1ccc(C#Cc2ccc3cn([C@@H](C(=O)Nc4nccs4)c4ccccc4)nc3c2F)cn1. The Bertz CT molecular complexity index is 1520. The maximum atomic E-state index is 15.3. The maximum Gasteiger partial charge on any atom is 0.255 e. The second-order valence-electron chi connectivity index (χ2n) is 7.34. The number of hydrogen-bond acceptors (Lipinski definition) is 6. The predicted octanol–water partition coefficient (Wildman–Crippen LogP) is 4.24. The number of aromatic nitrogens is 4. The van der Waals surface area contributed by atoms with Crippen molar-refractivity contribution >= 4 is 39.1 Å². The van der Waals surface area contributed by atoms with Gasteiger partial charge in [0.1, 0.15) is 11.3 Å². The van der Waals surface area contributed by atoms with Crippen molar-refractivity contribution in [2.75, 3.05) is 11.1 Å². The van der Waals surface area contributed by atoms with Gasteiger partial charge in [-0.2, -0.15) is 5.10 Å². The standard InChI is InChI=1S/C25H17FN6OS/c26-21-17(8-6-16-7-11-20(27)29-14-16)9-10-19-15-32(31-22(19)21)23(18-4-2-1-3-5-18)24(33)30-25-28-12-13-34-25/h1-5,7,9-15,23H,(H2,27,29)(H,28,30,33)/t23-/m1/s1. The molecule has 0 aliphatic heterocycles. The molecule has 166 valence electrons. The molecule has 3 N–H and O–H groups in total. The largest absolute Gasteiger partial charge is 0.384 e. The number of carbonyl (C=O) groups excluding carboxylic acids is 1. The third kappa shape index (κ3) is 4.35. The van der Waals surface area contributed by atoms with Gasteiger partial charge in [-0.05, 0) is 29.8 Å². The lowest BCUT2D eigenvalue weighted by Gasteiger charge is -2.17. The van der Waals surface area contributed by atoms with Gasteiger partial charge in [-0.25, -0.2) is 14.4 Å². The van der Waals surface area contributed by atoms with Gasteiger partial charge in [-0.1, -0.05) is 42.2 Å². The molecule has 0 fully saturated rings. The summed E-state index contributed by atoms with van der Waals surface area (Å²) in [5.41, 5.74) is 7.23. The fraction of sp³-hybridized carbons (Fsp3) is 0.0400. The zero-order valence-electron chi connectivity index (χ0n) is 17.6. The molecule has 0 saturated carbocycles. The number of benzene rings is 2. The van der Waals surface area contributed by atoms with Crippen LogP contribution in [-0.2, 0) is 4.79 Å². The molecule has 1 amide bonds. The Morgan fingerprint density at radius 1 is 1.09 bits per heavy atom. The van der Waals surface area contributed by atoms with Crippen molar-refractivity contribution in [1.29, 1.82) is 0 Å². The Hall–Kier alpha value is -4.55. The van der Waals surface area contributed by atoms with Crippen LogP contribution in [-0.4, -0.2) is 25.7 Å². The van der Waals surface area contributed by atoms with E-state index < -0.39 is 11.9 Å². The van der Waals surface area contributed by atoms with E-state index in [1.807, 2.05) is 30.3 Å². The van der Waals surface area contributed by atoms with Crippen LogP contribution < -0.4 is 11.1 Å². The smallest absolute Gasteiger partial charge is 0.255 e. The fourth-order valence-electron chi connectivity index (χ4n) is 3.44. The molecule has 5 aromatic rings. The number of fused-ring (bicyclic) bond motifs is 1. The number of nitrogens with zero attached hydrogens (tertiary/aromatic N) is 4. The van der Waals surface area contributed by atoms with Crippen LogP contribution in [0.1, 0.15) is 22.7 Å². The van der Waals surface area contributed by atoms with Gasteiger partial charge in [-0.15, -0.1) is 11.3 Å². The minimum atomic E-state index is -0.813. The topological polar surface area (TPSA) is 98.7 Å². The van der Waals surface area contributed by atoms with E-state index >= 15 is 4.39 Å². The van der Waals surface area contributed by atoms with E-state index in [2.05, 4.69) is 32.2 Å². The minimum Gasteiger partial charge on any atom is -0.384 e. The van der Waals surface area contributed by atoms with E-state index in [0.717, 1.165) is 0 Å². The minimum absolute atomic E-state index is 0.130. The first-order valence-electron chi connectivity index (χ1n) is 10.2. The average molecular weight is 469 g/mol. The Labute approximate surface area is 198 Å². The third-order valence-electron chi connectivity index (χ3n) is 5.05. The van der Waals surface area contributed by atoms with Gasteiger partial charge < -0.3 is 5.73 Å². The molecule has 7 nitrogen and oxygen atoms in total. The number of nitrogen functional groups attached to an aromatic ring is 1. The van der Waals surface area contributed by atoms with Crippen LogP contribution in [0, 0.1) is 17.7 Å². The van der Waals surface area contributed by atoms with Gasteiger partial charge >= 0.3 is 0 Å². The first-order valence-corrected chi connectivity index (χ1v) is 11.1. The molecule has 5 rings (SSSR count). The predicted molar refractivity (Wildman–Crippen MR) is 130 cm³/mol. The van der Waals surface area contributed by atoms with Crippen molar-refractivity contribution in [3.63, 3.8) is 0 Å². The number of hydrogen-bond donors (Lipinski definition) is 2. The van der Waals surface area contributed by atoms with Gasteiger partial charge in [0.05, 0.1) is 5.56 Å². The van der Waals surface area contributed by atoms with E-state index in [-0.39, 0.29) is 17.0 Å². The summed E-state index contributed by atoms with van der Waals surface area (Å²) in [6.07, 6.45) is 4.79. The molecule has 0 aliphatic carbocycles. The number of halogens is 1. The molecule has 0 radical (unpaired) electrons. The Kier molecular flexibility index (Phi) is 5.72. The van der Waals surface area contributed by atoms with Crippen LogP contribution in [0.4, 0.5) is 15.3 Å². The lowest BCUT2D eigenvalue weighted by atomic mass is 10.1. The molecule has 0 unspecified atom stereocenters. The summed E-state index contributed by atoms with van der Waals surface area (Å²) in [5, 5.41) is 10.0. The second kappa shape index (κ2) is 9.13. The summed E-state index contributed by atoms with van der Waals surface area (Å²) in [5.74, 6) is 5.20. The summed E-state index contributed by atoms with van der Waals surface area (Å²) in [7, 11) is 0. The molecular formula is C25H17FN6OS. The van der Waals surface area contributed by atoms with Crippen molar-refractivity contribution < 1.29 is 9.18 Å². The van der Waals surface area contributed by atoms with E-state index in [0.29, 0.717) is 27.5 Å². The second-order valence-corrected chi connectivity index (χ2v) is 8.23. The van der Waals surface area contributed by atoms with Gasteiger partial charge in [0.2, 0.25) is 0 Å². The number of carbonyl (C=O) groups is 1. The molecule has 0 bridgehead atoms. The zero-order valence-corrected chi connectivity index (χ0v) is 18.5. The fourth-order valence-corrected chi connectivity index (χ4v) is 3.97. The molecule has 3 heterocycles. The molecule has 34 heavy (non-hydrogen) atoms. The molecule has 0 aliphatic rings. The highest BCUT2D eigenvalue weighted by atomic mass is 32.1. The van der Waals surface area contributed by atoms with E-state index in [9.17, 15) is 4.79 Å². The van der Waals surface area contributed by atoms with Crippen molar-refractivity contribution in [3.05, 3.63) is 101 Å². The van der Waals surface area contributed by atoms with Crippen LogP contribution in [0.2, 0.25) is 0 Å². The normalized spacial score (nSPS) is 11.6. The zero-order chi connectivity index (χ0) is 23.5. The van der Waals surface area contributed by atoms with Crippen molar-refractivity contribution in [2.24, 2.45) is 0 Å². The number of pyridine rings is 1. The first-order chi connectivity index (χ1) is 16.6. The Balaban J connectivity index is 1.53. The van der Waals surface area contributed by atoms with E-state index in [4.69, 9.17) is 5.73 Å². The number of nitrogens with one attached hydrogen (secondary N) is 1. The lowest BCUT2D eigenvalue weighted by Crippen LogP contribution is -2.27. The van der Waals surface area contributed by atoms with Crippen molar-refractivity contribution in [1.82, 2.24) is 19.7 Å². The highest BCUT2D eigenvalue weighted by Crippen LogP contribution is 2.26. The quantitative estimate of drug-likeness (QED) is 0.385. The van der Waals surface area contributed by atoms with E-state index in [1.165, 1.54) is 22.2 Å². The summed E-state index contributed by atoms with van der Waals surface area (Å²) >= 11 is 1.31. The maximum absolute atomic E-state index is 15.3. The lowest BCUT2D eigenvalue weighted by molar-refractivity contribution is -0.118. The van der Waals surface area contributed by atoms with Crippen LogP contribution in [0.15, 0.2) is 78.6 Å². The molecule has 2 aromatic carbocycles. The summed E-state index contributed by atoms with van der Waals surface area (Å²) in [4.78, 5) is 21.3. The molecule has 9 heteroatoms. The van der Waals surface area contributed by atoms with Gasteiger partial charge in [0, 0.05) is 34.9 Å². The average Bonchev–Trinajstić information content (AvgIpc) is 3.51. The summed E-state index contributed by atoms with van der Waals surface area (Å²) in [6, 6.07) is 15.0. The number of rotatable bonds is 4. The molecule has 3 aromatic heterocycles. The third-order valence-corrected chi connectivity index (χ3v) is 5.74. The van der Waals surface area contributed by atoms with Gasteiger partial charge in [0.25, 0.3) is 5.91 Å². The highest BCUT2D eigenvalue weighted by molar-refractivity contribution is 7.13. The Morgan fingerprint density at radius 3 is 2.68 bits per heavy atom. The molecule has 0 saturated heterocycles. The summed E-state index contributed by atoms with van der Waals surface area (Å²) < 4.78 is 16.8.